The average molecular weight is 266 g/mol. The molecule has 0 spiro atoms. The molecule has 1 saturated heterocycles. The number of anilines is 1. The van der Waals surface area contributed by atoms with Gasteiger partial charge in [0.15, 0.2) is 6.10 Å². The van der Waals surface area contributed by atoms with Crippen LogP contribution in [0.1, 0.15) is 5.56 Å². The Kier molecular flexibility index (Phi) is 3.66. The summed E-state index contributed by atoms with van der Waals surface area (Å²) in [5.41, 5.74) is 1.39. The van der Waals surface area contributed by atoms with Crippen LogP contribution in [-0.4, -0.2) is 41.8 Å². The Morgan fingerprint density at radius 2 is 2.32 bits per heavy atom. The zero-order valence-electron chi connectivity index (χ0n) is 10.4. The lowest BCUT2D eigenvalue weighted by Gasteiger charge is -2.32. The van der Waals surface area contributed by atoms with Gasteiger partial charge in [-0.3, -0.25) is 10.1 Å². The molecule has 0 bridgehead atoms. The Hall–Kier alpha value is -2.15. The van der Waals surface area contributed by atoms with Crippen molar-refractivity contribution >= 4 is 17.3 Å². The van der Waals surface area contributed by atoms with Gasteiger partial charge in [-0.05, 0) is 19.1 Å². The highest BCUT2D eigenvalue weighted by Gasteiger charge is 2.26. The van der Waals surface area contributed by atoms with Crippen LogP contribution in [0.4, 0.5) is 11.4 Å². The number of benzene rings is 1. The predicted molar refractivity (Wildman–Crippen MR) is 67.4 cm³/mol. The average Bonchev–Trinajstić information content (AvgIpc) is 2.38. The van der Waals surface area contributed by atoms with Gasteiger partial charge in [0.1, 0.15) is 0 Å². The molecular formula is C12H14N2O5. The maximum absolute atomic E-state index is 10.9. The number of morpholine rings is 1. The third-order valence-electron chi connectivity index (χ3n) is 3.08. The Labute approximate surface area is 109 Å². The number of aliphatic carboxylic acids is 1. The van der Waals surface area contributed by atoms with E-state index >= 15 is 0 Å². The second-order valence-corrected chi connectivity index (χ2v) is 4.37. The first-order valence-electron chi connectivity index (χ1n) is 5.83. The minimum Gasteiger partial charge on any atom is -0.479 e. The SMILES string of the molecule is Cc1cc(N2CCOC(C(=O)O)C2)ccc1[N+](=O)[O-]. The molecule has 1 unspecified atom stereocenters. The van der Waals surface area contributed by atoms with E-state index in [0.717, 1.165) is 5.69 Å². The fourth-order valence-electron chi connectivity index (χ4n) is 2.07. The highest BCUT2D eigenvalue weighted by Crippen LogP contribution is 2.25. The van der Waals surface area contributed by atoms with Crippen LogP contribution >= 0.6 is 0 Å². The van der Waals surface area contributed by atoms with Crippen molar-refractivity contribution in [1.82, 2.24) is 0 Å². The quantitative estimate of drug-likeness (QED) is 0.652. The molecule has 0 radical (unpaired) electrons. The zero-order valence-corrected chi connectivity index (χ0v) is 10.4. The number of hydrogen-bond donors (Lipinski definition) is 1. The molecule has 1 atom stereocenters. The van der Waals surface area contributed by atoms with Gasteiger partial charge in [-0.25, -0.2) is 4.79 Å². The Morgan fingerprint density at radius 1 is 1.58 bits per heavy atom. The van der Waals surface area contributed by atoms with Crippen molar-refractivity contribution in [3.8, 4) is 0 Å². The summed E-state index contributed by atoms with van der Waals surface area (Å²) in [5, 5.41) is 19.7. The van der Waals surface area contributed by atoms with Gasteiger partial charge in [0.05, 0.1) is 18.1 Å². The van der Waals surface area contributed by atoms with Gasteiger partial charge in [0.25, 0.3) is 5.69 Å². The third kappa shape index (κ3) is 2.82. The van der Waals surface area contributed by atoms with Crippen LogP contribution in [0.5, 0.6) is 0 Å². The lowest BCUT2D eigenvalue weighted by molar-refractivity contribution is -0.385. The Morgan fingerprint density at radius 3 is 2.89 bits per heavy atom. The van der Waals surface area contributed by atoms with Crippen LogP contribution in [0.2, 0.25) is 0 Å². The predicted octanol–water partition coefficient (Wildman–Crippen LogP) is 1.19. The van der Waals surface area contributed by atoms with Crippen molar-refractivity contribution in [3.05, 3.63) is 33.9 Å². The first-order chi connectivity index (χ1) is 8.99. The largest absolute Gasteiger partial charge is 0.479 e. The molecule has 1 fully saturated rings. The fraction of sp³-hybridized carbons (Fsp3) is 0.417. The van der Waals surface area contributed by atoms with Gasteiger partial charge >= 0.3 is 5.97 Å². The van der Waals surface area contributed by atoms with Crippen molar-refractivity contribution in [2.75, 3.05) is 24.6 Å². The number of carboxylic acid groups (broad SMARTS) is 1. The van der Waals surface area contributed by atoms with Gasteiger partial charge < -0.3 is 14.7 Å². The monoisotopic (exact) mass is 266 g/mol. The summed E-state index contributed by atoms with van der Waals surface area (Å²) in [7, 11) is 0. The summed E-state index contributed by atoms with van der Waals surface area (Å²) in [5.74, 6) is -0.997. The molecule has 7 heteroatoms. The molecule has 0 saturated carbocycles. The maximum Gasteiger partial charge on any atom is 0.334 e. The number of ether oxygens (including phenoxy) is 1. The summed E-state index contributed by atoms with van der Waals surface area (Å²) in [4.78, 5) is 23.1. The van der Waals surface area contributed by atoms with Crippen LogP contribution in [0.25, 0.3) is 0 Å². The molecule has 1 N–H and O–H groups in total. The zero-order chi connectivity index (χ0) is 14.0. The molecule has 1 aliphatic rings. The van der Waals surface area contributed by atoms with Gasteiger partial charge in [0, 0.05) is 23.9 Å². The summed E-state index contributed by atoms with van der Waals surface area (Å²) in [6, 6.07) is 4.77. The molecule has 0 aliphatic carbocycles. The molecule has 1 aliphatic heterocycles. The van der Waals surface area contributed by atoms with E-state index in [0.29, 0.717) is 18.7 Å². The van der Waals surface area contributed by atoms with Crippen LogP contribution in [-0.2, 0) is 9.53 Å². The molecule has 0 amide bonds. The molecule has 19 heavy (non-hydrogen) atoms. The van der Waals surface area contributed by atoms with Crippen molar-refractivity contribution < 1.29 is 19.6 Å². The number of rotatable bonds is 3. The molecule has 0 aromatic heterocycles. The molecule has 7 nitrogen and oxygen atoms in total. The highest BCUT2D eigenvalue weighted by molar-refractivity contribution is 5.73. The van der Waals surface area contributed by atoms with Crippen molar-refractivity contribution in [3.63, 3.8) is 0 Å². The molecule has 1 heterocycles. The standard InChI is InChI=1S/C12H14N2O5/c1-8-6-9(2-3-10(8)14(17)18)13-4-5-19-11(7-13)12(15)16/h2-3,6,11H,4-5,7H2,1H3,(H,15,16). The lowest BCUT2D eigenvalue weighted by Crippen LogP contribution is -2.46. The molecule has 1 aromatic rings. The van der Waals surface area contributed by atoms with Gasteiger partial charge in [0.2, 0.25) is 0 Å². The third-order valence-corrected chi connectivity index (χ3v) is 3.08. The van der Waals surface area contributed by atoms with Gasteiger partial charge in [-0.2, -0.15) is 0 Å². The highest BCUT2D eigenvalue weighted by atomic mass is 16.6. The maximum atomic E-state index is 10.9. The molecule has 2 rings (SSSR count). The van der Waals surface area contributed by atoms with Gasteiger partial charge in [-0.15, -0.1) is 0 Å². The van der Waals surface area contributed by atoms with Crippen LogP contribution < -0.4 is 4.90 Å². The number of aryl methyl sites for hydroxylation is 1. The summed E-state index contributed by atoms with van der Waals surface area (Å²) in [6.45, 7) is 2.80. The molecule has 1 aromatic carbocycles. The van der Waals surface area contributed by atoms with E-state index in [-0.39, 0.29) is 12.2 Å². The molecular weight excluding hydrogens is 252 g/mol. The minimum atomic E-state index is -0.997. The first kappa shape index (κ1) is 13.3. The Balaban J connectivity index is 2.20. The van der Waals surface area contributed by atoms with E-state index in [1.54, 1.807) is 19.1 Å². The lowest BCUT2D eigenvalue weighted by atomic mass is 10.1. The fourth-order valence-corrected chi connectivity index (χ4v) is 2.07. The smallest absolute Gasteiger partial charge is 0.334 e. The number of carboxylic acids is 1. The first-order valence-corrected chi connectivity index (χ1v) is 5.83. The topological polar surface area (TPSA) is 92.9 Å². The number of nitro groups is 1. The van der Waals surface area contributed by atoms with Crippen LogP contribution in [0.3, 0.4) is 0 Å². The second kappa shape index (κ2) is 5.23. The van der Waals surface area contributed by atoms with Crippen LogP contribution in [0.15, 0.2) is 18.2 Å². The number of nitro benzene ring substituents is 1. The van der Waals surface area contributed by atoms with Crippen molar-refractivity contribution in [2.45, 2.75) is 13.0 Å². The Bertz CT molecular complexity index is 517. The normalized spacial score (nSPS) is 19.2. The van der Waals surface area contributed by atoms with E-state index in [1.807, 2.05) is 4.90 Å². The summed E-state index contributed by atoms with van der Waals surface area (Å²) in [6.07, 6.45) is -0.857. The number of nitrogens with zero attached hydrogens (tertiary/aromatic N) is 2. The van der Waals surface area contributed by atoms with E-state index in [1.165, 1.54) is 6.07 Å². The molecule has 102 valence electrons. The second-order valence-electron chi connectivity index (χ2n) is 4.37. The van der Waals surface area contributed by atoms with E-state index in [2.05, 4.69) is 0 Å². The van der Waals surface area contributed by atoms with E-state index in [4.69, 9.17) is 9.84 Å². The summed E-state index contributed by atoms with van der Waals surface area (Å²) >= 11 is 0. The van der Waals surface area contributed by atoms with Crippen molar-refractivity contribution in [2.24, 2.45) is 0 Å². The minimum absolute atomic E-state index is 0.0618. The number of carbonyl (C=O) groups is 1. The van der Waals surface area contributed by atoms with E-state index in [9.17, 15) is 14.9 Å². The van der Waals surface area contributed by atoms with Gasteiger partial charge in [-0.1, -0.05) is 0 Å². The van der Waals surface area contributed by atoms with E-state index < -0.39 is 17.0 Å². The van der Waals surface area contributed by atoms with Crippen LogP contribution in [0, 0.1) is 17.0 Å². The number of hydrogen-bond acceptors (Lipinski definition) is 5. The summed E-state index contributed by atoms with van der Waals surface area (Å²) < 4.78 is 5.13. The van der Waals surface area contributed by atoms with Crippen molar-refractivity contribution in [1.29, 1.82) is 0 Å².